The van der Waals surface area contributed by atoms with Crippen LogP contribution < -0.4 is 0 Å². The lowest BCUT2D eigenvalue weighted by Crippen LogP contribution is -2.29. The molecule has 0 saturated carbocycles. The molecule has 0 N–H and O–H groups in total. The zero-order valence-electron chi connectivity index (χ0n) is 9.39. The Bertz CT molecular complexity index is 433. The number of carbonyl (C=O) groups excluding carboxylic acids is 3. The van der Waals surface area contributed by atoms with Crippen LogP contribution in [0.2, 0.25) is 0 Å². The van der Waals surface area contributed by atoms with Crippen LogP contribution in [0.25, 0.3) is 0 Å². The summed E-state index contributed by atoms with van der Waals surface area (Å²) in [6, 6.07) is 3.30. The summed E-state index contributed by atoms with van der Waals surface area (Å²) >= 11 is 0. The number of ether oxygens (including phenoxy) is 1. The number of rotatable bonds is 4. The predicted octanol–water partition coefficient (Wildman–Crippen LogP) is 0.586. The minimum absolute atomic E-state index is 0.386. The van der Waals surface area contributed by atoms with Gasteiger partial charge in [0.05, 0.1) is 18.7 Å². The first-order valence-corrected chi connectivity index (χ1v) is 4.76. The molecule has 1 aromatic heterocycles. The highest BCUT2D eigenvalue weighted by Gasteiger charge is 2.29. The van der Waals surface area contributed by atoms with Crippen molar-refractivity contribution in [1.82, 2.24) is 4.57 Å². The Morgan fingerprint density at radius 2 is 2.00 bits per heavy atom. The SMILES string of the molecule is COC(=O)C(=O)[C@@H](C)C(=O)c1cccn1C. The van der Waals surface area contributed by atoms with Gasteiger partial charge in [0.1, 0.15) is 0 Å². The maximum absolute atomic E-state index is 11.8. The molecule has 0 aliphatic carbocycles. The largest absolute Gasteiger partial charge is 0.463 e. The number of ketones is 2. The number of aryl methyl sites for hydroxylation is 1. The molecule has 0 aromatic carbocycles. The summed E-state index contributed by atoms with van der Waals surface area (Å²) in [6.07, 6.45) is 1.70. The quantitative estimate of drug-likeness (QED) is 0.324. The second-order valence-corrected chi connectivity index (χ2v) is 3.45. The minimum atomic E-state index is -1.01. The molecule has 0 fully saturated rings. The van der Waals surface area contributed by atoms with Crippen molar-refractivity contribution in [3.63, 3.8) is 0 Å². The predicted molar refractivity (Wildman–Crippen MR) is 55.9 cm³/mol. The molecular weight excluding hydrogens is 210 g/mol. The van der Waals surface area contributed by atoms with Gasteiger partial charge in [-0.2, -0.15) is 0 Å². The van der Waals surface area contributed by atoms with E-state index in [4.69, 9.17) is 0 Å². The molecule has 0 aliphatic rings. The van der Waals surface area contributed by atoms with E-state index >= 15 is 0 Å². The Morgan fingerprint density at radius 1 is 1.38 bits per heavy atom. The van der Waals surface area contributed by atoms with Gasteiger partial charge in [0.25, 0.3) is 5.78 Å². The van der Waals surface area contributed by atoms with Crippen molar-refractivity contribution in [2.75, 3.05) is 7.11 Å². The van der Waals surface area contributed by atoms with Crippen LogP contribution >= 0.6 is 0 Å². The third-order valence-corrected chi connectivity index (χ3v) is 2.37. The number of methoxy groups -OCH3 is 1. The molecule has 0 bridgehead atoms. The Kier molecular flexibility index (Phi) is 3.60. The molecule has 86 valence electrons. The maximum Gasteiger partial charge on any atom is 0.375 e. The fraction of sp³-hybridized carbons (Fsp3) is 0.364. The summed E-state index contributed by atoms with van der Waals surface area (Å²) in [5.41, 5.74) is 0.393. The lowest BCUT2D eigenvalue weighted by atomic mass is 9.99. The fourth-order valence-corrected chi connectivity index (χ4v) is 1.34. The Morgan fingerprint density at radius 3 is 2.44 bits per heavy atom. The van der Waals surface area contributed by atoms with Crippen LogP contribution in [0.1, 0.15) is 17.4 Å². The van der Waals surface area contributed by atoms with Crippen LogP contribution in [0.15, 0.2) is 18.3 Å². The standard InChI is InChI=1S/C11H13NO4/c1-7(10(14)11(15)16-3)9(13)8-5-4-6-12(8)2/h4-7H,1-3H3/t7-/m0/s1. The van der Waals surface area contributed by atoms with Crippen LogP contribution in [-0.4, -0.2) is 29.2 Å². The van der Waals surface area contributed by atoms with Gasteiger partial charge in [-0.05, 0) is 19.1 Å². The van der Waals surface area contributed by atoms with Crippen molar-refractivity contribution in [3.05, 3.63) is 24.0 Å². The molecule has 0 radical (unpaired) electrons. The molecule has 5 heteroatoms. The monoisotopic (exact) mass is 223 g/mol. The lowest BCUT2D eigenvalue weighted by molar-refractivity contribution is -0.152. The number of hydrogen-bond acceptors (Lipinski definition) is 4. The number of aromatic nitrogens is 1. The van der Waals surface area contributed by atoms with Crippen LogP contribution in [0, 0.1) is 5.92 Å². The van der Waals surface area contributed by atoms with Gasteiger partial charge in [0.2, 0.25) is 0 Å². The normalized spacial score (nSPS) is 11.9. The van der Waals surface area contributed by atoms with Crippen molar-refractivity contribution in [1.29, 1.82) is 0 Å². The van der Waals surface area contributed by atoms with Gasteiger partial charge in [-0.1, -0.05) is 0 Å². The molecule has 5 nitrogen and oxygen atoms in total. The molecule has 0 aliphatic heterocycles. The second kappa shape index (κ2) is 4.74. The lowest BCUT2D eigenvalue weighted by Gasteiger charge is -2.08. The van der Waals surface area contributed by atoms with Gasteiger partial charge in [0.15, 0.2) is 5.78 Å². The summed E-state index contributed by atoms with van der Waals surface area (Å²) in [7, 11) is 2.81. The third kappa shape index (κ3) is 2.18. The molecule has 1 heterocycles. The minimum Gasteiger partial charge on any atom is -0.463 e. The molecule has 0 saturated heterocycles. The van der Waals surface area contributed by atoms with Crippen LogP contribution in [0.5, 0.6) is 0 Å². The van der Waals surface area contributed by atoms with Gasteiger partial charge in [-0.25, -0.2) is 4.79 Å². The first-order chi connectivity index (χ1) is 7.49. The van der Waals surface area contributed by atoms with E-state index in [2.05, 4.69) is 4.74 Å². The number of Topliss-reactive ketones (excluding diaryl/α,β-unsaturated/α-hetero) is 2. The highest BCUT2D eigenvalue weighted by molar-refractivity contribution is 6.39. The number of carbonyl (C=O) groups is 3. The van der Waals surface area contributed by atoms with Gasteiger partial charge in [-0.3, -0.25) is 9.59 Å². The van der Waals surface area contributed by atoms with E-state index < -0.39 is 17.7 Å². The van der Waals surface area contributed by atoms with Crippen molar-refractivity contribution >= 4 is 17.5 Å². The Labute approximate surface area is 93.0 Å². The summed E-state index contributed by atoms with van der Waals surface area (Å²) < 4.78 is 5.88. The number of esters is 1. The van der Waals surface area contributed by atoms with Crippen LogP contribution in [0.4, 0.5) is 0 Å². The van der Waals surface area contributed by atoms with E-state index in [1.54, 1.807) is 29.9 Å². The van der Waals surface area contributed by atoms with E-state index in [1.165, 1.54) is 6.92 Å². The molecule has 1 rings (SSSR count). The van der Waals surface area contributed by atoms with E-state index in [0.29, 0.717) is 5.69 Å². The summed E-state index contributed by atoms with van der Waals surface area (Å²) in [5, 5.41) is 0. The van der Waals surface area contributed by atoms with Crippen LogP contribution in [-0.2, 0) is 21.4 Å². The zero-order chi connectivity index (χ0) is 12.3. The first-order valence-electron chi connectivity index (χ1n) is 4.76. The van der Waals surface area contributed by atoms with E-state index in [0.717, 1.165) is 7.11 Å². The van der Waals surface area contributed by atoms with Crippen LogP contribution in [0.3, 0.4) is 0 Å². The Balaban J connectivity index is 2.87. The van der Waals surface area contributed by atoms with Gasteiger partial charge >= 0.3 is 5.97 Å². The molecular formula is C11H13NO4. The summed E-state index contributed by atoms with van der Waals surface area (Å²) in [4.78, 5) is 34.2. The topological polar surface area (TPSA) is 65.4 Å². The van der Waals surface area contributed by atoms with Gasteiger partial charge in [0, 0.05) is 13.2 Å². The molecule has 0 unspecified atom stereocenters. The molecule has 1 aromatic rings. The highest BCUT2D eigenvalue weighted by atomic mass is 16.5. The Hall–Kier alpha value is -1.91. The second-order valence-electron chi connectivity index (χ2n) is 3.45. The van der Waals surface area contributed by atoms with Gasteiger partial charge in [-0.15, -0.1) is 0 Å². The summed E-state index contributed by atoms with van der Waals surface area (Å²) in [6.45, 7) is 1.40. The van der Waals surface area contributed by atoms with E-state index in [9.17, 15) is 14.4 Å². The highest BCUT2D eigenvalue weighted by Crippen LogP contribution is 2.10. The maximum atomic E-state index is 11.8. The van der Waals surface area contributed by atoms with Crippen molar-refractivity contribution in [2.24, 2.45) is 13.0 Å². The van der Waals surface area contributed by atoms with Gasteiger partial charge < -0.3 is 9.30 Å². The average Bonchev–Trinajstić information content (AvgIpc) is 2.71. The molecule has 0 amide bonds. The van der Waals surface area contributed by atoms with Crippen molar-refractivity contribution in [2.45, 2.75) is 6.92 Å². The summed E-state index contributed by atoms with van der Waals surface area (Å²) in [5.74, 6) is -3.22. The van der Waals surface area contributed by atoms with E-state index in [-0.39, 0.29) is 5.78 Å². The number of nitrogens with zero attached hydrogens (tertiary/aromatic N) is 1. The zero-order valence-corrected chi connectivity index (χ0v) is 9.39. The van der Waals surface area contributed by atoms with Crippen molar-refractivity contribution in [3.8, 4) is 0 Å². The average molecular weight is 223 g/mol. The smallest absolute Gasteiger partial charge is 0.375 e. The third-order valence-electron chi connectivity index (χ3n) is 2.37. The fourth-order valence-electron chi connectivity index (χ4n) is 1.34. The van der Waals surface area contributed by atoms with Crippen molar-refractivity contribution < 1.29 is 19.1 Å². The molecule has 0 spiro atoms. The molecule has 16 heavy (non-hydrogen) atoms. The first kappa shape index (κ1) is 12.2. The molecule has 1 atom stereocenters. The van der Waals surface area contributed by atoms with E-state index in [1.807, 2.05) is 0 Å². The number of hydrogen-bond donors (Lipinski definition) is 0.